The first-order chi connectivity index (χ1) is 13.1. The normalized spacial score (nSPS) is 17.3. The van der Waals surface area contributed by atoms with E-state index in [2.05, 4.69) is 15.0 Å². The molecule has 0 amide bonds. The van der Waals surface area contributed by atoms with Gasteiger partial charge in [0.05, 0.1) is 10.9 Å². The summed E-state index contributed by atoms with van der Waals surface area (Å²) in [6, 6.07) is 12.2. The lowest BCUT2D eigenvalue weighted by Gasteiger charge is -2.35. The van der Waals surface area contributed by atoms with Crippen molar-refractivity contribution in [3.63, 3.8) is 0 Å². The second kappa shape index (κ2) is 8.10. The van der Waals surface area contributed by atoms with Gasteiger partial charge in [-0.3, -0.25) is 4.90 Å². The minimum atomic E-state index is -4.74. The van der Waals surface area contributed by atoms with Crippen LogP contribution in [0.4, 0.5) is 13.2 Å². The number of ether oxygens (including phenoxy) is 1. The second-order valence-electron chi connectivity index (χ2n) is 6.65. The Morgan fingerprint density at radius 2 is 1.46 bits per heavy atom. The van der Waals surface area contributed by atoms with Crippen molar-refractivity contribution in [2.24, 2.45) is 0 Å². The molecule has 1 N–H and O–H groups in total. The maximum atomic E-state index is 12.4. The summed E-state index contributed by atoms with van der Waals surface area (Å²) in [5, 5.41) is 3.27. The van der Waals surface area contributed by atoms with Gasteiger partial charge in [-0.1, -0.05) is 24.3 Å². The van der Waals surface area contributed by atoms with Gasteiger partial charge in [-0.25, -0.2) is 8.42 Å². The van der Waals surface area contributed by atoms with E-state index >= 15 is 0 Å². The van der Waals surface area contributed by atoms with Gasteiger partial charge < -0.3 is 10.1 Å². The lowest BCUT2D eigenvalue weighted by Crippen LogP contribution is -2.45. The third kappa shape index (κ3) is 5.24. The van der Waals surface area contributed by atoms with Gasteiger partial charge in [-0.2, -0.15) is 0 Å². The van der Waals surface area contributed by atoms with E-state index in [-0.39, 0.29) is 16.7 Å². The molecule has 0 aliphatic carbocycles. The number of alkyl halides is 3. The number of nitrogens with zero attached hydrogens (tertiary/aromatic N) is 1. The fourth-order valence-electron chi connectivity index (χ4n) is 3.30. The summed E-state index contributed by atoms with van der Waals surface area (Å²) in [6.45, 7) is 3.12. The number of hydrogen-bond donors (Lipinski definition) is 1. The van der Waals surface area contributed by atoms with Crippen LogP contribution in [0, 0.1) is 0 Å². The lowest BCUT2D eigenvalue weighted by molar-refractivity contribution is -0.274. The van der Waals surface area contributed by atoms with Crippen LogP contribution in [0.25, 0.3) is 0 Å². The van der Waals surface area contributed by atoms with Crippen LogP contribution >= 0.6 is 0 Å². The molecule has 0 aromatic heterocycles. The first kappa shape index (κ1) is 20.6. The summed E-state index contributed by atoms with van der Waals surface area (Å²) in [6.07, 6.45) is -3.59. The number of hydrogen-bond acceptors (Lipinski definition) is 5. The number of halogens is 3. The maximum Gasteiger partial charge on any atom is 0.573 e. The highest BCUT2D eigenvalue weighted by Gasteiger charge is 2.31. The molecule has 0 radical (unpaired) electrons. The Kier molecular flexibility index (Phi) is 5.97. The summed E-state index contributed by atoms with van der Waals surface area (Å²) >= 11 is 0. The number of nitrogens with one attached hydrogen (secondary N) is 1. The molecule has 5 nitrogen and oxygen atoms in total. The van der Waals surface area contributed by atoms with Gasteiger partial charge >= 0.3 is 6.36 Å². The van der Waals surface area contributed by atoms with Gasteiger partial charge in [0, 0.05) is 32.4 Å². The molecule has 0 bridgehead atoms. The van der Waals surface area contributed by atoms with Crippen molar-refractivity contribution in [1.29, 1.82) is 0 Å². The quantitative estimate of drug-likeness (QED) is 0.815. The molecule has 1 atom stereocenters. The monoisotopic (exact) mass is 414 g/mol. The van der Waals surface area contributed by atoms with Crippen molar-refractivity contribution in [3.05, 3.63) is 59.7 Å². The number of sulfone groups is 1. The topological polar surface area (TPSA) is 58.6 Å². The molecule has 1 aliphatic heterocycles. The molecule has 9 heteroatoms. The van der Waals surface area contributed by atoms with Crippen LogP contribution in [-0.4, -0.2) is 52.1 Å². The van der Waals surface area contributed by atoms with Crippen molar-refractivity contribution in [3.8, 4) is 5.75 Å². The Morgan fingerprint density at radius 3 is 1.93 bits per heavy atom. The van der Waals surface area contributed by atoms with E-state index in [0.717, 1.165) is 43.6 Å². The molecule has 1 aliphatic rings. The van der Waals surface area contributed by atoms with Crippen molar-refractivity contribution in [1.82, 2.24) is 10.2 Å². The Hall–Kier alpha value is -2.10. The summed E-state index contributed by atoms with van der Waals surface area (Å²) in [5.41, 5.74) is 1.68. The number of rotatable bonds is 5. The standard InChI is InChI=1S/C19H21F3N2O3S/c1-28(25,26)17-8-4-15(5-9-17)18(24-12-10-23-11-13-24)14-2-6-16(7-3-14)27-19(20,21)22/h2-9,18,23H,10-13H2,1H3/t18-/m1/s1. The zero-order chi connectivity index (χ0) is 20.4. The van der Waals surface area contributed by atoms with E-state index in [9.17, 15) is 21.6 Å². The molecule has 3 rings (SSSR count). The zero-order valence-electron chi connectivity index (χ0n) is 15.2. The Balaban J connectivity index is 1.93. The first-order valence-corrected chi connectivity index (χ1v) is 10.6. The number of piperazine rings is 1. The van der Waals surface area contributed by atoms with Crippen LogP contribution < -0.4 is 10.1 Å². The van der Waals surface area contributed by atoms with Crippen LogP contribution in [0.1, 0.15) is 17.2 Å². The SMILES string of the molecule is CS(=O)(=O)c1ccc([C@@H](c2ccc(OC(F)(F)F)cc2)N2CCNCC2)cc1. The zero-order valence-corrected chi connectivity index (χ0v) is 16.1. The third-order valence-corrected chi connectivity index (χ3v) is 5.70. The molecule has 0 unspecified atom stereocenters. The van der Waals surface area contributed by atoms with Gasteiger partial charge in [0.15, 0.2) is 9.84 Å². The maximum absolute atomic E-state index is 12.4. The molecule has 1 fully saturated rings. The summed E-state index contributed by atoms with van der Waals surface area (Å²) in [4.78, 5) is 2.44. The van der Waals surface area contributed by atoms with E-state index in [1.165, 1.54) is 12.1 Å². The molecular formula is C19H21F3N2O3S. The first-order valence-electron chi connectivity index (χ1n) is 8.74. The van der Waals surface area contributed by atoms with E-state index in [0.29, 0.717) is 0 Å². The summed E-state index contributed by atoms with van der Waals surface area (Å²) in [7, 11) is -3.30. The van der Waals surface area contributed by atoms with E-state index < -0.39 is 16.2 Å². The minimum Gasteiger partial charge on any atom is -0.406 e. The molecule has 2 aromatic rings. The van der Waals surface area contributed by atoms with Crippen LogP contribution in [0.15, 0.2) is 53.4 Å². The van der Waals surface area contributed by atoms with Crippen molar-refractivity contribution in [2.75, 3.05) is 32.4 Å². The molecule has 28 heavy (non-hydrogen) atoms. The van der Waals surface area contributed by atoms with E-state index in [1.54, 1.807) is 36.4 Å². The molecule has 1 saturated heterocycles. The van der Waals surface area contributed by atoms with Crippen LogP contribution in [0.5, 0.6) is 5.75 Å². The lowest BCUT2D eigenvalue weighted by atomic mass is 9.96. The van der Waals surface area contributed by atoms with Crippen LogP contribution in [0.3, 0.4) is 0 Å². The average molecular weight is 414 g/mol. The summed E-state index contributed by atoms with van der Waals surface area (Å²) < 4.78 is 64.6. The highest BCUT2D eigenvalue weighted by Crippen LogP contribution is 2.32. The minimum absolute atomic E-state index is 0.198. The third-order valence-electron chi connectivity index (χ3n) is 4.57. The van der Waals surface area contributed by atoms with Gasteiger partial charge in [0.1, 0.15) is 5.75 Å². The van der Waals surface area contributed by atoms with E-state index in [1.807, 2.05) is 0 Å². The molecule has 0 spiro atoms. The average Bonchev–Trinajstić information content (AvgIpc) is 2.63. The van der Waals surface area contributed by atoms with Crippen LogP contribution in [0.2, 0.25) is 0 Å². The smallest absolute Gasteiger partial charge is 0.406 e. The predicted octanol–water partition coefficient (Wildman–Crippen LogP) is 2.98. The van der Waals surface area contributed by atoms with Gasteiger partial charge in [-0.15, -0.1) is 13.2 Å². The van der Waals surface area contributed by atoms with Gasteiger partial charge in [-0.05, 0) is 35.4 Å². The summed E-state index contributed by atoms with van der Waals surface area (Å²) in [5.74, 6) is -0.275. The molecule has 152 valence electrons. The highest BCUT2D eigenvalue weighted by molar-refractivity contribution is 7.90. The largest absolute Gasteiger partial charge is 0.573 e. The predicted molar refractivity (Wildman–Crippen MR) is 99.0 cm³/mol. The van der Waals surface area contributed by atoms with E-state index in [4.69, 9.17) is 0 Å². The fourth-order valence-corrected chi connectivity index (χ4v) is 3.93. The number of benzene rings is 2. The molecular weight excluding hydrogens is 393 g/mol. The second-order valence-corrected chi connectivity index (χ2v) is 8.66. The Bertz CT molecular complexity index is 892. The molecule has 1 heterocycles. The molecule has 0 saturated carbocycles. The Morgan fingerprint density at radius 1 is 0.964 bits per heavy atom. The van der Waals surface area contributed by atoms with Crippen molar-refractivity contribution < 1.29 is 26.3 Å². The fraction of sp³-hybridized carbons (Fsp3) is 0.368. The Labute approximate surface area is 162 Å². The van der Waals surface area contributed by atoms with Crippen molar-refractivity contribution in [2.45, 2.75) is 17.3 Å². The van der Waals surface area contributed by atoms with Crippen LogP contribution in [-0.2, 0) is 9.84 Å². The molecule has 2 aromatic carbocycles. The van der Waals surface area contributed by atoms with Gasteiger partial charge in [0.2, 0.25) is 0 Å². The highest BCUT2D eigenvalue weighted by atomic mass is 32.2. The van der Waals surface area contributed by atoms with Gasteiger partial charge in [0.25, 0.3) is 0 Å². The van der Waals surface area contributed by atoms with Crippen molar-refractivity contribution >= 4 is 9.84 Å².